The zero-order valence-electron chi connectivity index (χ0n) is 18.1. The Morgan fingerprint density at radius 2 is 1.91 bits per heavy atom. The van der Waals surface area contributed by atoms with Crippen molar-refractivity contribution in [2.75, 3.05) is 14.2 Å². The highest BCUT2D eigenvalue weighted by Crippen LogP contribution is 2.38. The van der Waals surface area contributed by atoms with E-state index in [1.54, 1.807) is 20.8 Å². The van der Waals surface area contributed by atoms with Crippen LogP contribution < -0.4 is 9.47 Å². The number of pyridine rings is 1. The number of aldehydes is 1. The molecule has 3 aromatic heterocycles. The fraction of sp³-hybridized carbons (Fsp3) is 0.286. The molecule has 4 aromatic rings. The molecule has 1 aromatic carbocycles. The van der Waals surface area contributed by atoms with Crippen LogP contribution in [0.15, 0.2) is 29.4 Å². The first kappa shape index (κ1) is 21.8. The van der Waals surface area contributed by atoms with Crippen molar-refractivity contribution in [2.24, 2.45) is 0 Å². The predicted molar refractivity (Wildman–Crippen MR) is 116 cm³/mol. The summed E-state index contributed by atoms with van der Waals surface area (Å²) >= 11 is 0. The van der Waals surface area contributed by atoms with Crippen molar-refractivity contribution in [3.05, 3.63) is 36.2 Å². The highest BCUT2D eigenvalue weighted by molar-refractivity contribution is 7.92. The summed E-state index contributed by atoms with van der Waals surface area (Å²) in [6.45, 7) is 4.77. The number of hydrogen-bond donors (Lipinski definition) is 1. The fourth-order valence-electron chi connectivity index (χ4n) is 3.46. The molecule has 32 heavy (non-hydrogen) atoms. The highest BCUT2D eigenvalue weighted by Gasteiger charge is 2.34. The molecule has 0 spiro atoms. The molecule has 0 atom stereocenters. The van der Waals surface area contributed by atoms with Gasteiger partial charge in [0.2, 0.25) is 0 Å². The summed E-state index contributed by atoms with van der Waals surface area (Å²) in [4.78, 5) is 22.5. The largest absolute Gasteiger partial charge is 0.495 e. The molecule has 1 N–H and O–H groups in total. The molecule has 0 aliphatic carbocycles. The van der Waals surface area contributed by atoms with E-state index < -0.39 is 20.4 Å². The Morgan fingerprint density at radius 1 is 1.19 bits per heavy atom. The van der Waals surface area contributed by atoms with Crippen molar-refractivity contribution < 1.29 is 27.1 Å². The molecular weight excluding hydrogens is 439 g/mol. The zero-order valence-corrected chi connectivity index (χ0v) is 18.9. The summed E-state index contributed by atoms with van der Waals surface area (Å²) < 4.78 is 52.1. The van der Waals surface area contributed by atoms with Gasteiger partial charge in [-0.05, 0) is 26.8 Å². The number of sulfone groups is 1. The van der Waals surface area contributed by atoms with Gasteiger partial charge in [-0.1, -0.05) is 0 Å². The second kappa shape index (κ2) is 7.30. The van der Waals surface area contributed by atoms with Gasteiger partial charge in [0.1, 0.15) is 27.3 Å². The van der Waals surface area contributed by atoms with Crippen molar-refractivity contribution >= 4 is 32.8 Å². The van der Waals surface area contributed by atoms with Crippen LogP contribution in [-0.4, -0.2) is 53.0 Å². The fourth-order valence-corrected chi connectivity index (χ4v) is 4.77. The predicted octanol–water partition coefficient (Wildman–Crippen LogP) is 3.42. The topological polar surface area (TPSA) is 116 Å². The van der Waals surface area contributed by atoms with Crippen molar-refractivity contribution in [3.8, 4) is 22.8 Å². The molecule has 3 heterocycles. The molecule has 11 heteroatoms. The van der Waals surface area contributed by atoms with E-state index in [1.807, 2.05) is 0 Å². The molecular formula is C21H21FN4O5S. The van der Waals surface area contributed by atoms with Gasteiger partial charge in [0, 0.05) is 17.8 Å². The van der Waals surface area contributed by atoms with Crippen LogP contribution in [0.2, 0.25) is 0 Å². The van der Waals surface area contributed by atoms with Gasteiger partial charge in [-0.3, -0.25) is 9.20 Å². The van der Waals surface area contributed by atoms with Gasteiger partial charge in [-0.2, -0.15) is 0 Å². The SMILES string of the molecule is COc1cc2ncc(-c3cc(F)c(OC)c4[nH]c(C=O)nc34)n2cc1S(=O)(=O)C(C)(C)C. The third-order valence-corrected chi connectivity index (χ3v) is 7.67. The van der Waals surface area contributed by atoms with E-state index in [1.165, 1.54) is 43.1 Å². The van der Waals surface area contributed by atoms with Crippen molar-refractivity contribution in [1.82, 2.24) is 19.4 Å². The Labute approximate surface area is 183 Å². The first-order valence-corrected chi connectivity index (χ1v) is 11.0. The molecule has 0 saturated carbocycles. The number of H-pyrrole nitrogens is 1. The maximum Gasteiger partial charge on any atom is 0.188 e. The van der Waals surface area contributed by atoms with E-state index in [9.17, 15) is 17.6 Å². The number of carbonyl (C=O) groups is 1. The van der Waals surface area contributed by atoms with Gasteiger partial charge < -0.3 is 14.5 Å². The minimum absolute atomic E-state index is 0.00311. The van der Waals surface area contributed by atoms with Crippen LogP contribution >= 0.6 is 0 Å². The number of hydrogen-bond acceptors (Lipinski definition) is 7. The smallest absolute Gasteiger partial charge is 0.188 e. The number of methoxy groups -OCH3 is 2. The van der Waals surface area contributed by atoms with Crippen LogP contribution in [0.5, 0.6) is 11.5 Å². The highest BCUT2D eigenvalue weighted by atomic mass is 32.2. The van der Waals surface area contributed by atoms with E-state index in [0.29, 0.717) is 23.2 Å². The number of nitrogens with zero attached hydrogens (tertiary/aromatic N) is 3. The third kappa shape index (κ3) is 3.11. The molecule has 0 saturated heterocycles. The number of halogens is 1. The second-order valence-electron chi connectivity index (χ2n) is 8.10. The molecule has 0 fully saturated rings. The molecule has 9 nitrogen and oxygen atoms in total. The van der Waals surface area contributed by atoms with Crippen LogP contribution in [0.4, 0.5) is 4.39 Å². The monoisotopic (exact) mass is 460 g/mol. The minimum atomic E-state index is -3.78. The van der Waals surface area contributed by atoms with E-state index in [2.05, 4.69) is 15.0 Å². The van der Waals surface area contributed by atoms with Gasteiger partial charge in [0.05, 0.1) is 30.9 Å². The van der Waals surface area contributed by atoms with Crippen LogP contribution in [-0.2, 0) is 9.84 Å². The van der Waals surface area contributed by atoms with Crippen molar-refractivity contribution in [3.63, 3.8) is 0 Å². The number of ether oxygens (including phenoxy) is 2. The maximum absolute atomic E-state index is 14.8. The minimum Gasteiger partial charge on any atom is -0.495 e. The molecule has 0 radical (unpaired) electrons. The third-order valence-electron chi connectivity index (χ3n) is 5.17. The molecule has 0 unspecified atom stereocenters. The van der Waals surface area contributed by atoms with Gasteiger partial charge in [0.25, 0.3) is 0 Å². The molecule has 0 aliphatic heterocycles. The van der Waals surface area contributed by atoms with E-state index in [0.717, 1.165) is 0 Å². The lowest BCUT2D eigenvalue weighted by Crippen LogP contribution is -2.28. The second-order valence-corrected chi connectivity index (χ2v) is 10.8. The number of benzene rings is 1. The lowest BCUT2D eigenvalue weighted by molar-refractivity contribution is 0.111. The number of nitrogens with one attached hydrogen (secondary N) is 1. The van der Waals surface area contributed by atoms with E-state index in [-0.39, 0.29) is 33.3 Å². The van der Waals surface area contributed by atoms with Crippen LogP contribution in [0.3, 0.4) is 0 Å². The lowest BCUT2D eigenvalue weighted by Gasteiger charge is -2.21. The van der Waals surface area contributed by atoms with Gasteiger partial charge in [0.15, 0.2) is 33.5 Å². The number of fused-ring (bicyclic) bond motifs is 2. The molecule has 0 bridgehead atoms. The summed E-state index contributed by atoms with van der Waals surface area (Å²) in [6, 6.07) is 2.71. The molecule has 168 valence electrons. The Morgan fingerprint density at radius 3 is 2.50 bits per heavy atom. The van der Waals surface area contributed by atoms with Crippen molar-refractivity contribution in [2.45, 2.75) is 30.4 Å². The maximum atomic E-state index is 14.8. The Kier molecular flexibility index (Phi) is 4.96. The van der Waals surface area contributed by atoms with E-state index in [4.69, 9.17) is 9.47 Å². The normalized spacial score (nSPS) is 12.4. The first-order valence-electron chi connectivity index (χ1n) is 9.55. The summed E-state index contributed by atoms with van der Waals surface area (Å²) in [5.74, 6) is -0.617. The van der Waals surface area contributed by atoms with Crippen LogP contribution in [0.25, 0.3) is 27.9 Å². The van der Waals surface area contributed by atoms with Gasteiger partial charge >= 0.3 is 0 Å². The summed E-state index contributed by atoms with van der Waals surface area (Å²) in [7, 11) is -1.10. The number of rotatable bonds is 5. The Balaban J connectivity index is 2.08. The number of carbonyl (C=O) groups excluding carboxylic acids is 1. The van der Waals surface area contributed by atoms with Crippen LogP contribution in [0, 0.1) is 5.82 Å². The van der Waals surface area contributed by atoms with Gasteiger partial charge in [-0.25, -0.2) is 22.8 Å². The zero-order chi connectivity index (χ0) is 23.4. The quantitative estimate of drug-likeness (QED) is 0.454. The molecule has 4 rings (SSSR count). The average molecular weight is 460 g/mol. The average Bonchev–Trinajstić information content (AvgIpc) is 3.35. The Bertz CT molecular complexity index is 1480. The first-order chi connectivity index (χ1) is 15.0. The van der Waals surface area contributed by atoms with Crippen LogP contribution in [0.1, 0.15) is 31.4 Å². The summed E-state index contributed by atoms with van der Waals surface area (Å²) in [5, 5.41) is 0. The Hall–Kier alpha value is -3.47. The summed E-state index contributed by atoms with van der Waals surface area (Å²) in [6.07, 6.45) is 3.38. The molecule has 0 amide bonds. The molecule has 0 aliphatic rings. The van der Waals surface area contributed by atoms with Crippen molar-refractivity contribution in [1.29, 1.82) is 0 Å². The lowest BCUT2D eigenvalue weighted by atomic mass is 10.1. The number of aromatic amines is 1. The number of imidazole rings is 2. The van der Waals surface area contributed by atoms with Gasteiger partial charge in [-0.15, -0.1) is 0 Å². The standard InChI is InChI=1S/C21H21FN4O5S/c1-21(2,3)32(28,29)15-9-26-13(8-23-17(26)7-14(15)30-4)11-6-12(22)20(31-5)19-18(11)24-16(10-27)25-19/h6-10H,1-5H3,(H,24,25). The number of aromatic nitrogens is 4. The summed E-state index contributed by atoms with van der Waals surface area (Å²) in [5.41, 5.74) is 1.56. The van der Waals surface area contributed by atoms with E-state index >= 15 is 0 Å².